The fraction of sp³-hybridized carbons (Fsp3) is 0.250. The van der Waals surface area contributed by atoms with Crippen LogP contribution < -0.4 is 10.1 Å². The molecule has 4 heteroatoms. The van der Waals surface area contributed by atoms with E-state index in [0.717, 1.165) is 23.6 Å². The normalized spacial score (nSPS) is 16.8. The number of hydrogen-bond acceptors (Lipinski definition) is 3. The maximum absolute atomic E-state index is 9.79. The van der Waals surface area contributed by atoms with E-state index in [1.807, 2.05) is 18.2 Å². The SMILES string of the molecule is COc1ccc(NC2Cc3ccc(Cl)cc3C2)cc1O. The Hall–Kier alpha value is -1.87. The van der Waals surface area contributed by atoms with E-state index >= 15 is 0 Å². The molecule has 3 nitrogen and oxygen atoms in total. The minimum atomic E-state index is 0.149. The number of hydrogen-bond donors (Lipinski definition) is 2. The Balaban J connectivity index is 1.73. The standard InChI is InChI=1S/C16H16ClNO2/c1-20-16-5-4-13(9-15(16)19)18-14-7-10-2-3-12(17)6-11(10)8-14/h2-6,9,14,18-19H,7-8H2,1H3. The summed E-state index contributed by atoms with van der Waals surface area (Å²) < 4.78 is 5.04. The maximum Gasteiger partial charge on any atom is 0.160 e. The summed E-state index contributed by atoms with van der Waals surface area (Å²) in [5, 5.41) is 14.0. The number of phenolic OH excluding ortho intramolecular Hbond substituents is 1. The first-order valence-electron chi connectivity index (χ1n) is 6.56. The summed E-state index contributed by atoms with van der Waals surface area (Å²) in [4.78, 5) is 0. The highest BCUT2D eigenvalue weighted by atomic mass is 35.5. The summed E-state index contributed by atoms with van der Waals surface area (Å²) in [6.07, 6.45) is 1.92. The summed E-state index contributed by atoms with van der Waals surface area (Å²) in [6, 6.07) is 11.7. The molecular weight excluding hydrogens is 274 g/mol. The molecule has 1 aliphatic rings. The monoisotopic (exact) mass is 289 g/mol. The van der Waals surface area contributed by atoms with Crippen LogP contribution >= 0.6 is 11.6 Å². The highest BCUT2D eigenvalue weighted by Crippen LogP contribution is 2.31. The fourth-order valence-corrected chi connectivity index (χ4v) is 2.90. The molecule has 0 aromatic heterocycles. The first kappa shape index (κ1) is 13.1. The topological polar surface area (TPSA) is 41.5 Å². The Kier molecular flexibility index (Phi) is 3.45. The summed E-state index contributed by atoms with van der Waals surface area (Å²) in [5.74, 6) is 0.632. The molecule has 0 aliphatic heterocycles. The smallest absolute Gasteiger partial charge is 0.160 e. The minimum Gasteiger partial charge on any atom is -0.504 e. The molecule has 0 saturated carbocycles. The first-order chi connectivity index (χ1) is 9.65. The molecule has 1 aliphatic carbocycles. The van der Waals surface area contributed by atoms with Crippen molar-refractivity contribution >= 4 is 17.3 Å². The average molecular weight is 290 g/mol. The van der Waals surface area contributed by atoms with Gasteiger partial charge in [0.15, 0.2) is 11.5 Å². The molecule has 20 heavy (non-hydrogen) atoms. The van der Waals surface area contributed by atoms with Crippen LogP contribution in [0.3, 0.4) is 0 Å². The van der Waals surface area contributed by atoms with Crippen molar-refractivity contribution in [2.24, 2.45) is 0 Å². The average Bonchev–Trinajstić information content (AvgIpc) is 2.80. The third-order valence-corrected chi connectivity index (χ3v) is 3.89. The maximum atomic E-state index is 9.79. The largest absolute Gasteiger partial charge is 0.504 e. The van der Waals surface area contributed by atoms with Crippen LogP contribution in [0.4, 0.5) is 5.69 Å². The van der Waals surface area contributed by atoms with Crippen molar-refractivity contribution in [3.63, 3.8) is 0 Å². The van der Waals surface area contributed by atoms with Crippen molar-refractivity contribution in [1.82, 2.24) is 0 Å². The van der Waals surface area contributed by atoms with Crippen molar-refractivity contribution in [2.75, 3.05) is 12.4 Å². The third-order valence-electron chi connectivity index (χ3n) is 3.65. The Bertz CT molecular complexity index is 642. The van der Waals surface area contributed by atoms with Crippen LogP contribution in [0.1, 0.15) is 11.1 Å². The fourth-order valence-electron chi connectivity index (χ4n) is 2.70. The molecule has 2 N–H and O–H groups in total. The number of nitrogens with one attached hydrogen (secondary N) is 1. The predicted molar refractivity (Wildman–Crippen MR) is 80.9 cm³/mol. The van der Waals surface area contributed by atoms with Gasteiger partial charge >= 0.3 is 0 Å². The van der Waals surface area contributed by atoms with Crippen LogP contribution in [0.5, 0.6) is 11.5 Å². The van der Waals surface area contributed by atoms with E-state index in [2.05, 4.69) is 11.4 Å². The molecule has 0 bridgehead atoms. The quantitative estimate of drug-likeness (QED) is 0.906. The van der Waals surface area contributed by atoms with Crippen LogP contribution in [0.2, 0.25) is 5.02 Å². The summed E-state index contributed by atoms with van der Waals surface area (Å²) in [6.45, 7) is 0. The number of phenols is 1. The van der Waals surface area contributed by atoms with E-state index in [1.54, 1.807) is 19.2 Å². The predicted octanol–water partition coefficient (Wildman–Crippen LogP) is 3.63. The van der Waals surface area contributed by atoms with Gasteiger partial charge < -0.3 is 15.2 Å². The molecular formula is C16H16ClNO2. The van der Waals surface area contributed by atoms with Crippen LogP contribution in [-0.2, 0) is 12.8 Å². The lowest BCUT2D eigenvalue weighted by atomic mass is 10.1. The Morgan fingerprint density at radius 3 is 2.70 bits per heavy atom. The lowest BCUT2D eigenvalue weighted by molar-refractivity contribution is 0.373. The van der Waals surface area contributed by atoms with E-state index in [9.17, 15) is 5.11 Å². The number of benzene rings is 2. The van der Waals surface area contributed by atoms with Crippen molar-refractivity contribution in [1.29, 1.82) is 0 Å². The van der Waals surface area contributed by atoms with Gasteiger partial charge in [0, 0.05) is 22.8 Å². The molecule has 1 unspecified atom stereocenters. The Morgan fingerprint density at radius 2 is 1.95 bits per heavy atom. The van der Waals surface area contributed by atoms with Gasteiger partial charge in [0.05, 0.1) is 7.11 Å². The summed E-state index contributed by atoms with van der Waals surface area (Å²) >= 11 is 6.02. The van der Waals surface area contributed by atoms with Gasteiger partial charge in [-0.3, -0.25) is 0 Å². The minimum absolute atomic E-state index is 0.149. The second-order valence-corrected chi connectivity index (χ2v) is 5.49. The van der Waals surface area contributed by atoms with Gasteiger partial charge in [0.25, 0.3) is 0 Å². The summed E-state index contributed by atoms with van der Waals surface area (Å²) in [7, 11) is 1.54. The van der Waals surface area contributed by atoms with E-state index < -0.39 is 0 Å². The zero-order valence-electron chi connectivity index (χ0n) is 11.2. The number of halogens is 1. The zero-order valence-corrected chi connectivity index (χ0v) is 11.9. The van der Waals surface area contributed by atoms with Crippen molar-refractivity contribution in [3.8, 4) is 11.5 Å². The van der Waals surface area contributed by atoms with Crippen molar-refractivity contribution in [3.05, 3.63) is 52.5 Å². The number of fused-ring (bicyclic) bond motifs is 1. The molecule has 2 aromatic carbocycles. The van der Waals surface area contributed by atoms with E-state index in [1.165, 1.54) is 11.1 Å². The first-order valence-corrected chi connectivity index (χ1v) is 6.94. The molecule has 3 rings (SSSR count). The van der Waals surface area contributed by atoms with E-state index in [4.69, 9.17) is 16.3 Å². The number of aromatic hydroxyl groups is 1. The molecule has 0 saturated heterocycles. The van der Waals surface area contributed by atoms with Gasteiger partial charge in [0.1, 0.15) is 0 Å². The molecule has 0 amide bonds. The molecule has 0 heterocycles. The van der Waals surface area contributed by atoms with Gasteiger partial charge in [0.2, 0.25) is 0 Å². The third kappa shape index (κ3) is 2.54. The molecule has 0 radical (unpaired) electrons. The van der Waals surface area contributed by atoms with Gasteiger partial charge in [-0.2, -0.15) is 0 Å². The molecule has 0 spiro atoms. The second-order valence-electron chi connectivity index (χ2n) is 5.05. The second kappa shape index (κ2) is 5.25. The number of methoxy groups -OCH3 is 1. The molecule has 1 atom stereocenters. The zero-order chi connectivity index (χ0) is 14.1. The van der Waals surface area contributed by atoms with Crippen molar-refractivity contribution < 1.29 is 9.84 Å². The van der Waals surface area contributed by atoms with Gasteiger partial charge in [-0.05, 0) is 48.2 Å². The Labute approximate surface area is 123 Å². The lowest BCUT2D eigenvalue weighted by Gasteiger charge is -2.14. The van der Waals surface area contributed by atoms with Crippen LogP contribution in [0, 0.1) is 0 Å². The summed E-state index contributed by atoms with van der Waals surface area (Å²) in [5.41, 5.74) is 3.53. The number of rotatable bonds is 3. The highest BCUT2D eigenvalue weighted by molar-refractivity contribution is 6.30. The Morgan fingerprint density at radius 1 is 1.15 bits per heavy atom. The van der Waals surface area contributed by atoms with Crippen LogP contribution in [-0.4, -0.2) is 18.3 Å². The van der Waals surface area contributed by atoms with Crippen LogP contribution in [0.25, 0.3) is 0 Å². The van der Waals surface area contributed by atoms with E-state index in [-0.39, 0.29) is 5.75 Å². The number of anilines is 1. The van der Waals surface area contributed by atoms with Gasteiger partial charge in [-0.15, -0.1) is 0 Å². The molecule has 104 valence electrons. The van der Waals surface area contributed by atoms with Gasteiger partial charge in [-0.1, -0.05) is 17.7 Å². The highest BCUT2D eigenvalue weighted by Gasteiger charge is 2.21. The lowest BCUT2D eigenvalue weighted by Crippen LogP contribution is -2.19. The van der Waals surface area contributed by atoms with Crippen molar-refractivity contribution in [2.45, 2.75) is 18.9 Å². The number of ether oxygens (including phenoxy) is 1. The van der Waals surface area contributed by atoms with Gasteiger partial charge in [-0.25, -0.2) is 0 Å². The molecule has 2 aromatic rings. The van der Waals surface area contributed by atoms with E-state index in [0.29, 0.717) is 11.8 Å². The van der Waals surface area contributed by atoms with Crippen LogP contribution in [0.15, 0.2) is 36.4 Å². The molecule has 0 fully saturated rings.